The van der Waals surface area contributed by atoms with Gasteiger partial charge in [0.1, 0.15) is 0 Å². The zero-order chi connectivity index (χ0) is 8.81. The lowest BCUT2D eigenvalue weighted by molar-refractivity contribution is -0.142. The van der Waals surface area contributed by atoms with Crippen LogP contribution in [0.2, 0.25) is 0 Å². The quantitative estimate of drug-likeness (QED) is 0.519. The van der Waals surface area contributed by atoms with Crippen LogP contribution in [0.5, 0.6) is 0 Å². The summed E-state index contributed by atoms with van der Waals surface area (Å²) in [7, 11) is 0. The van der Waals surface area contributed by atoms with Crippen molar-refractivity contribution >= 4 is 5.97 Å². The minimum Gasteiger partial charge on any atom is -0.460 e. The van der Waals surface area contributed by atoms with Gasteiger partial charge in [-0.15, -0.1) is 0 Å². The monoisotopic (exact) mass is 168 g/mol. The minimum atomic E-state index is -0.190. The van der Waals surface area contributed by atoms with Crippen LogP contribution in [0.3, 0.4) is 0 Å². The fourth-order valence-corrected chi connectivity index (χ4v) is 1.35. The second kappa shape index (κ2) is 4.96. The molecular formula is C10H16O2. The summed E-state index contributed by atoms with van der Waals surface area (Å²) in [4.78, 5) is 11.0. The van der Waals surface area contributed by atoms with Gasteiger partial charge in [-0.1, -0.05) is 12.5 Å². The summed E-state index contributed by atoms with van der Waals surface area (Å²) < 4.78 is 5.10. The molecular weight excluding hydrogens is 152 g/mol. The van der Waals surface area contributed by atoms with Gasteiger partial charge in [0.2, 0.25) is 0 Å². The third-order valence-electron chi connectivity index (χ3n) is 2.05. The second-order valence-corrected chi connectivity index (χ2v) is 3.29. The molecule has 1 rings (SSSR count). The van der Waals surface area contributed by atoms with Crippen molar-refractivity contribution in [3.8, 4) is 0 Å². The predicted molar refractivity (Wildman–Crippen MR) is 47.8 cm³/mol. The van der Waals surface area contributed by atoms with Crippen molar-refractivity contribution < 1.29 is 9.53 Å². The second-order valence-electron chi connectivity index (χ2n) is 3.29. The van der Waals surface area contributed by atoms with Crippen LogP contribution in [0, 0.1) is 0 Å². The number of ether oxygens (including phenoxy) is 1. The number of carbonyl (C=O) groups is 1. The predicted octanol–water partition coefficient (Wildman–Crippen LogP) is 2.44. The summed E-state index contributed by atoms with van der Waals surface area (Å²) in [5.74, 6) is -0.190. The maximum Gasteiger partial charge on any atom is 0.330 e. The Bertz CT molecular complexity index is 173. The Morgan fingerprint density at radius 1 is 1.42 bits per heavy atom. The van der Waals surface area contributed by atoms with E-state index in [1.54, 1.807) is 6.08 Å². The molecule has 1 heterocycles. The van der Waals surface area contributed by atoms with Crippen molar-refractivity contribution in [2.75, 3.05) is 0 Å². The number of carbonyl (C=O) groups excluding carboxylic acids is 1. The molecule has 1 atom stereocenters. The van der Waals surface area contributed by atoms with Crippen LogP contribution in [0.15, 0.2) is 12.2 Å². The van der Waals surface area contributed by atoms with Gasteiger partial charge in [-0.05, 0) is 32.6 Å². The SMILES string of the molecule is C[C@@H]1CCCCC/C=C\C(=O)O1. The van der Waals surface area contributed by atoms with Gasteiger partial charge in [0, 0.05) is 6.08 Å². The molecule has 0 bridgehead atoms. The summed E-state index contributed by atoms with van der Waals surface area (Å²) in [5.41, 5.74) is 0. The van der Waals surface area contributed by atoms with Gasteiger partial charge in [-0.25, -0.2) is 4.79 Å². The average Bonchev–Trinajstić information content (AvgIpc) is 2.02. The van der Waals surface area contributed by atoms with Gasteiger partial charge < -0.3 is 4.74 Å². The van der Waals surface area contributed by atoms with Gasteiger partial charge in [0.25, 0.3) is 0 Å². The van der Waals surface area contributed by atoms with Gasteiger partial charge in [0.15, 0.2) is 0 Å². The molecule has 12 heavy (non-hydrogen) atoms. The zero-order valence-corrected chi connectivity index (χ0v) is 7.58. The molecule has 1 aliphatic rings. The van der Waals surface area contributed by atoms with E-state index in [2.05, 4.69) is 0 Å². The van der Waals surface area contributed by atoms with Crippen LogP contribution in [0.1, 0.15) is 39.0 Å². The van der Waals surface area contributed by atoms with Crippen molar-refractivity contribution in [3.05, 3.63) is 12.2 Å². The van der Waals surface area contributed by atoms with E-state index in [9.17, 15) is 4.79 Å². The summed E-state index contributed by atoms with van der Waals surface area (Å²) in [5, 5.41) is 0. The third-order valence-corrected chi connectivity index (χ3v) is 2.05. The Kier molecular flexibility index (Phi) is 3.85. The molecule has 0 saturated heterocycles. The van der Waals surface area contributed by atoms with Crippen LogP contribution < -0.4 is 0 Å². The van der Waals surface area contributed by atoms with Gasteiger partial charge in [-0.2, -0.15) is 0 Å². The van der Waals surface area contributed by atoms with Crippen molar-refractivity contribution in [1.82, 2.24) is 0 Å². The van der Waals surface area contributed by atoms with E-state index in [4.69, 9.17) is 4.74 Å². The number of allylic oxidation sites excluding steroid dienone is 1. The van der Waals surface area contributed by atoms with Crippen LogP contribution in [0.4, 0.5) is 0 Å². The maximum atomic E-state index is 11.0. The first-order valence-corrected chi connectivity index (χ1v) is 4.66. The molecule has 68 valence electrons. The highest BCUT2D eigenvalue weighted by Crippen LogP contribution is 2.10. The topological polar surface area (TPSA) is 26.3 Å². The van der Waals surface area contributed by atoms with E-state index in [1.165, 1.54) is 19.3 Å². The first-order valence-electron chi connectivity index (χ1n) is 4.66. The lowest BCUT2D eigenvalue weighted by atomic mass is 10.1. The molecule has 0 amide bonds. The molecule has 1 aliphatic heterocycles. The first-order chi connectivity index (χ1) is 5.79. The summed E-state index contributed by atoms with van der Waals surface area (Å²) >= 11 is 0. The Hall–Kier alpha value is -0.790. The molecule has 0 fully saturated rings. The Labute approximate surface area is 73.6 Å². The fraction of sp³-hybridized carbons (Fsp3) is 0.700. The largest absolute Gasteiger partial charge is 0.460 e. The smallest absolute Gasteiger partial charge is 0.330 e. The highest BCUT2D eigenvalue weighted by molar-refractivity contribution is 5.81. The van der Waals surface area contributed by atoms with Crippen LogP contribution in [-0.2, 0) is 9.53 Å². The van der Waals surface area contributed by atoms with E-state index < -0.39 is 0 Å². The third kappa shape index (κ3) is 3.56. The molecule has 0 N–H and O–H groups in total. The normalized spacial score (nSPS) is 29.1. The number of hydrogen-bond donors (Lipinski definition) is 0. The summed E-state index contributed by atoms with van der Waals surface area (Å²) in [6.07, 6.45) is 9.14. The average molecular weight is 168 g/mol. The molecule has 0 saturated carbocycles. The molecule has 0 aromatic rings. The molecule has 0 radical (unpaired) electrons. The maximum absolute atomic E-state index is 11.0. The first kappa shape index (κ1) is 9.30. The summed E-state index contributed by atoms with van der Waals surface area (Å²) in [6, 6.07) is 0. The lowest BCUT2D eigenvalue weighted by Gasteiger charge is -2.12. The molecule has 0 aromatic carbocycles. The van der Waals surface area contributed by atoms with Crippen LogP contribution in [0.25, 0.3) is 0 Å². The fourth-order valence-electron chi connectivity index (χ4n) is 1.35. The summed E-state index contributed by atoms with van der Waals surface area (Å²) in [6.45, 7) is 1.95. The lowest BCUT2D eigenvalue weighted by Crippen LogP contribution is -2.13. The van der Waals surface area contributed by atoms with Gasteiger partial charge in [0.05, 0.1) is 6.10 Å². The number of rotatable bonds is 0. The van der Waals surface area contributed by atoms with Crippen molar-refractivity contribution in [3.63, 3.8) is 0 Å². The highest BCUT2D eigenvalue weighted by atomic mass is 16.5. The standard InChI is InChI=1S/C10H16O2/c1-9-7-5-3-2-4-6-8-10(11)12-9/h6,8-9H,2-5,7H2,1H3/b8-6-/t9-/m1/s1. The highest BCUT2D eigenvalue weighted by Gasteiger charge is 2.07. The van der Waals surface area contributed by atoms with Crippen molar-refractivity contribution in [2.45, 2.75) is 45.1 Å². The number of cyclic esters (lactones) is 1. The van der Waals surface area contributed by atoms with E-state index >= 15 is 0 Å². The molecule has 0 unspecified atom stereocenters. The molecule has 0 spiro atoms. The van der Waals surface area contributed by atoms with Crippen molar-refractivity contribution in [1.29, 1.82) is 0 Å². The van der Waals surface area contributed by atoms with E-state index in [0.717, 1.165) is 12.8 Å². The molecule has 0 aliphatic carbocycles. The molecule has 2 heteroatoms. The minimum absolute atomic E-state index is 0.0836. The molecule has 2 nitrogen and oxygen atoms in total. The van der Waals surface area contributed by atoms with Crippen molar-refractivity contribution in [2.24, 2.45) is 0 Å². The van der Waals surface area contributed by atoms with Crippen LogP contribution in [-0.4, -0.2) is 12.1 Å². The molecule has 0 aromatic heterocycles. The van der Waals surface area contributed by atoms with E-state index in [-0.39, 0.29) is 12.1 Å². The number of hydrogen-bond acceptors (Lipinski definition) is 2. The van der Waals surface area contributed by atoms with Crippen LogP contribution >= 0.6 is 0 Å². The Balaban J connectivity index is 2.43. The Morgan fingerprint density at radius 2 is 2.25 bits per heavy atom. The van der Waals surface area contributed by atoms with E-state index in [1.807, 2.05) is 13.0 Å². The number of esters is 1. The van der Waals surface area contributed by atoms with Gasteiger partial charge in [-0.3, -0.25) is 0 Å². The Morgan fingerprint density at radius 3 is 3.08 bits per heavy atom. The zero-order valence-electron chi connectivity index (χ0n) is 7.58. The van der Waals surface area contributed by atoms with Gasteiger partial charge >= 0.3 is 5.97 Å². The van der Waals surface area contributed by atoms with E-state index in [0.29, 0.717) is 0 Å².